The van der Waals surface area contributed by atoms with Gasteiger partial charge in [-0.1, -0.05) is 5.16 Å². The summed E-state index contributed by atoms with van der Waals surface area (Å²) in [6, 6.07) is 1.60. The van der Waals surface area contributed by atoms with Crippen LogP contribution in [0.5, 0.6) is 0 Å². The molecule has 6 heteroatoms. The average molecular weight is 252 g/mol. The first kappa shape index (κ1) is 12.6. The number of hydrogen-bond acceptors (Lipinski definition) is 4. The Bertz CT molecular complexity index is 455. The number of rotatable bonds is 3. The molecular formula is C12H16N2O4. The largest absolute Gasteiger partial charge is 0.481 e. The maximum absolute atomic E-state index is 12.1. The van der Waals surface area contributed by atoms with Crippen molar-refractivity contribution in [1.29, 1.82) is 0 Å². The molecule has 0 radical (unpaired) electrons. The fraction of sp³-hybridized carbons (Fsp3) is 0.583. The van der Waals surface area contributed by atoms with Crippen LogP contribution in [0.2, 0.25) is 0 Å². The minimum Gasteiger partial charge on any atom is -0.481 e. The maximum atomic E-state index is 12.1. The summed E-state index contributed by atoms with van der Waals surface area (Å²) in [5.41, 5.74) is 0.295. The highest BCUT2D eigenvalue weighted by molar-refractivity contribution is 5.92. The number of likely N-dealkylation sites (tertiary alicyclic amines) is 1. The van der Waals surface area contributed by atoms with Crippen molar-refractivity contribution >= 4 is 11.9 Å². The van der Waals surface area contributed by atoms with Gasteiger partial charge in [0.15, 0.2) is 5.69 Å². The molecule has 18 heavy (non-hydrogen) atoms. The molecule has 1 amide bonds. The molecule has 1 aromatic heterocycles. The second-order valence-electron chi connectivity index (χ2n) is 4.68. The zero-order valence-electron chi connectivity index (χ0n) is 10.3. The lowest BCUT2D eigenvalue weighted by Gasteiger charge is -2.31. The summed E-state index contributed by atoms with van der Waals surface area (Å²) in [7, 11) is 0. The Morgan fingerprint density at radius 2 is 2.39 bits per heavy atom. The maximum Gasteiger partial charge on any atom is 0.303 e. The highest BCUT2D eigenvalue weighted by Gasteiger charge is 2.27. The van der Waals surface area contributed by atoms with E-state index in [0.29, 0.717) is 24.5 Å². The number of aliphatic carboxylic acids is 1. The van der Waals surface area contributed by atoms with Crippen LogP contribution in [0.1, 0.15) is 35.5 Å². The zero-order chi connectivity index (χ0) is 13.1. The lowest BCUT2D eigenvalue weighted by atomic mass is 9.94. The molecule has 0 saturated carbocycles. The van der Waals surface area contributed by atoms with E-state index >= 15 is 0 Å². The van der Waals surface area contributed by atoms with Gasteiger partial charge in [-0.25, -0.2) is 0 Å². The third-order valence-corrected chi connectivity index (χ3v) is 3.12. The Morgan fingerprint density at radius 3 is 3.00 bits per heavy atom. The van der Waals surface area contributed by atoms with Gasteiger partial charge in [-0.3, -0.25) is 9.59 Å². The Hall–Kier alpha value is -1.85. The van der Waals surface area contributed by atoms with E-state index in [1.54, 1.807) is 17.9 Å². The van der Waals surface area contributed by atoms with Crippen LogP contribution in [-0.2, 0) is 4.79 Å². The lowest BCUT2D eigenvalue weighted by molar-refractivity contribution is -0.138. The van der Waals surface area contributed by atoms with Crippen LogP contribution in [0.25, 0.3) is 0 Å². The number of nitrogens with zero attached hydrogens (tertiary/aromatic N) is 2. The molecule has 1 unspecified atom stereocenters. The Morgan fingerprint density at radius 1 is 1.61 bits per heavy atom. The average Bonchev–Trinajstić information content (AvgIpc) is 2.74. The lowest BCUT2D eigenvalue weighted by Crippen LogP contribution is -2.40. The molecule has 2 heterocycles. The van der Waals surface area contributed by atoms with Gasteiger partial charge in [-0.15, -0.1) is 0 Å². The van der Waals surface area contributed by atoms with Gasteiger partial charge in [-0.2, -0.15) is 0 Å². The van der Waals surface area contributed by atoms with Gasteiger partial charge >= 0.3 is 5.97 Å². The van der Waals surface area contributed by atoms with E-state index in [9.17, 15) is 9.59 Å². The molecule has 98 valence electrons. The Kier molecular flexibility index (Phi) is 3.64. The van der Waals surface area contributed by atoms with E-state index in [2.05, 4.69) is 5.16 Å². The minimum atomic E-state index is -0.813. The van der Waals surface area contributed by atoms with Gasteiger partial charge in [0.2, 0.25) is 0 Å². The van der Waals surface area contributed by atoms with E-state index < -0.39 is 5.97 Å². The van der Waals surface area contributed by atoms with Crippen LogP contribution in [0, 0.1) is 12.8 Å². The third kappa shape index (κ3) is 2.88. The molecule has 1 fully saturated rings. The molecule has 1 aliphatic rings. The molecule has 0 spiro atoms. The van der Waals surface area contributed by atoms with Crippen LogP contribution in [-0.4, -0.2) is 40.1 Å². The Balaban J connectivity index is 2.00. The van der Waals surface area contributed by atoms with Crippen molar-refractivity contribution in [3.8, 4) is 0 Å². The van der Waals surface area contributed by atoms with E-state index in [1.165, 1.54) is 0 Å². The number of aromatic nitrogens is 1. The first-order valence-corrected chi connectivity index (χ1v) is 6.00. The predicted octanol–water partition coefficient (Wildman–Crippen LogP) is 1.31. The summed E-state index contributed by atoms with van der Waals surface area (Å²) in [6.45, 7) is 2.87. The predicted molar refractivity (Wildman–Crippen MR) is 62.1 cm³/mol. The van der Waals surface area contributed by atoms with Crippen molar-refractivity contribution in [2.45, 2.75) is 26.2 Å². The first-order valence-electron chi connectivity index (χ1n) is 6.00. The summed E-state index contributed by atoms with van der Waals surface area (Å²) in [5.74, 6) is -0.362. The fourth-order valence-corrected chi connectivity index (χ4v) is 2.29. The van der Waals surface area contributed by atoms with Crippen LogP contribution in [0.3, 0.4) is 0 Å². The second kappa shape index (κ2) is 5.20. The van der Waals surface area contributed by atoms with Gasteiger partial charge in [0.1, 0.15) is 5.76 Å². The fourth-order valence-electron chi connectivity index (χ4n) is 2.29. The molecule has 0 bridgehead atoms. The smallest absolute Gasteiger partial charge is 0.303 e. The van der Waals surface area contributed by atoms with Gasteiger partial charge < -0.3 is 14.5 Å². The number of carbonyl (C=O) groups is 2. The van der Waals surface area contributed by atoms with Crippen molar-refractivity contribution in [3.05, 3.63) is 17.5 Å². The van der Waals surface area contributed by atoms with E-state index in [-0.39, 0.29) is 18.2 Å². The topological polar surface area (TPSA) is 83.6 Å². The van der Waals surface area contributed by atoms with Gasteiger partial charge in [0.25, 0.3) is 5.91 Å². The molecule has 1 atom stereocenters. The van der Waals surface area contributed by atoms with E-state index in [4.69, 9.17) is 9.63 Å². The zero-order valence-corrected chi connectivity index (χ0v) is 10.3. The monoisotopic (exact) mass is 252 g/mol. The summed E-state index contributed by atoms with van der Waals surface area (Å²) in [5, 5.41) is 12.5. The molecule has 1 saturated heterocycles. The van der Waals surface area contributed by atoms with Crippen molar-refractivity contribution in [2.75, 3.05) is 13.1 Å². The number of aryl methyl sites for hydroxylation is 1. The number of carboxylic acids is 1. The molecule has 6 nitrogen and oxygen atoms in total. The van der Waals surface area contributed by atoms with Gasteiger partial charge in [0.05, 0.1) is 0 Å². The van der Waals surface area contributed by atoms with Crippen LogP contribution < -0.4 is 0 Å². The summed E-state index contributed by atoms with van der Waals surface area (Å²) < 4.78 is 4.88. The molecule has 1 aliphatic heterocycles. The molecular weight excluding hydrogens is 236 g/mol. The number of amides is 1. The number of hydrogen-bond donors (Lipinski definition) is 1. The summed E-state index contributed by atoms with van der Waals surface area (Å²) in [4.78, 5) is 24.4. The van der Waals surface area contributed by atoms with E-state index in [0.717, 1.165) is 12.8 Å². The van der Waals surface area contributed by atoms with Crippen LogP contribution in [0.4, 0.5) is 0 Å². The van der Waals surface area contributed by atoms with Crippen LogP contribution in [0.15, 0.2) is 10.6 Å². The van der Waals surface area contributed by atoms with E-state index in [1.807, 2.05) is 0 Å². The molecule has 1 N–H and O–H groups in total. The minimum absolute atomic E-state index is 0.0354. The SMILES string of the molecule is Cc1cc(C(=O)N2CCCC(CC(=O)O)C2)no1. The first-order chi connectivity index (χ1) is 8.56. The van der Waals surface area contributed by atoms with Gasteiger partial charge in [0, 0.05) is 25.6 Å². The van der Waals surface area contributed by atoms with Crippen LogP contribution >= 0.6 is 0 Å². The number of carbonyl (C=O) groups excluding carboxylic acids is 1. The third-order valence-electron chi connectivity index (χ3n) is 3.12. The molecule has 2 rings (SSSR count). The number of carboxylic acid groups (broad SMARTS) is 1. The highest BCUT2D eigenvalue weighted by atomic mass is 16.5. The van der Waals surface area contributed by atoms with Crippen molar-refractivity contribution in [1.82, 2.24) is 10.1 Å². The second-order valence-corrected chi connectivity index (χ2v) is 4.68. The van der Waals surface area contributed by atoms with Crippen molar-refractivity contribution < 1.29 is 19.2 Å². The van der Waals surface area contributed by atoms with Gasteiger partial charge in [-0.05, 0) is 25.7 Å². The highest BCUT2D eigenvalue weighted by Crippen LogP contribution is 2.21. The summed E-state index contributed by atoms with van der Waals surface area (Å²) in [6.07, 6.45) is 1.80. The molecule has 0 aliphatic carbocycles. The summed E-state index contributed by atoms with van der Waals surface area (Å²) >= 11 is 0. The molecule has 1 aromatic rings. The van der Waals surface area contributed by atoms with Crippen molar-refractivity contribution in [2.24, 2.45) is 5.92 Å². The standard InChI is InChI=1S/C12H16N2O4/c1-8-5-10(13-18-8)12(17)14-4-2-3-9(7-14)6-11(15)16/h5,9H,2-4,6-7H2,1H3,(H,15,16). The van der Waals surface area contributed by atoms with Crippen molar-refractivity contribution in [3.63, 3.8) is 0 Å². The quantitative estimate of drug-likeness (QED) is 0.876. The Labute approximate surface area is 105 Å². The number of piperidine rings is 1. The molecule has 0 aromatic carbocycles. The normalized spacial score (nSPS) is 19.8.